The molecular weight excluding hydrogens is 490 g/mol. The number of carbonyl (C=O) groups is 2. The lowest BCUT2D eigenvalue weighted by molar-refractivity contribution is -0.141. The van der Waals surface area contributed by atoms with Gasteiger partial charge in [0.25, 0.3) is 5.56 Å². The Labute approximate surface area is 228 Å². The van der Waals surface area contributed by atoms with Crippen molar-refractivity contribution in [1.82, 2.24) is 15.1 Å². The van der Waals surface area contributed by atoms with E-state index < -0.39 is 11.4 Å². The van der Waals surface area contributed by atoms with Crippen LogP contribution in [0.2, 0.25) is 0 Å². The van der Waals surface area contributed by atoms with Crippen molar-refractivity contribution in [2.24, 2.45) is 11.3 Å². The highest BCUT2D eigenvalue weighted by molar-refractivity contribution is 5.84. The number of carboxylic acids is 1. The van der Waals surface area contributed by atoms with E-state index in [2.05, 4.69) is 10.4 Å². The summed E-state index contributed by atoms with van der Waals surface area (Å²) in [6.45, 7) is 0.836. The average Bonchev–Trinajstić information content (AvgIpc) is 3.56. The van der Waals surface area contributed by atoms with Crippen molar-refractivity contribution in [2.45, 2.75) is 57.4 Å². The zero-order valence-corrected chi connectivity index (χ0v) is 22.1. The van der Waals surface area contributed by atoms with Crippen molar-refractivity contribution in [3.63, 3.8) is 0 Å². The molecule has 3 aromatic rings. The van der Waals surface area contributed by atoms with Gasteiger partial charge < -0.3 is 10.4 Å². The Morgan fingerprint density at radius 1 is 1.03 bits per heavy atom. The first-order chi connectivity index (χ1) is 18.9. The molecule has 1 atom stereocenters. The molecule has 2 N–H and O–H groups in total. The highest BCUT2D eigenvalue weighted by Gasteiger charge is 2.47. The van der Waals surface area contributed by atoms with E-state index in [1.807, 2.05) is 60.7 Å². The maximum absolute atomic E-state index is 13.3. The predicted molar refractivity (Wildman–Crippen MR) is 150 cm³/mol. The molecule has 0 spiro atoms. The van der Waals surface area contributed by atoms with Crippen molar-refractivity contribution < 1.29 is 14.7 Å². The molecule has 1 unspecified atom stereocenters. The number of carboxylic acid groups (broad SMARTS) is 1. The maximum atomic E-state index is 13.3. The van der Waals surface area contributed by atoms with Gasteiger partial charge in [0.15, 0.2) is 0 Å². The Balaban J connectivity index is 1.25. The summed E-state index contributed by atoms with van der Waals surface area (Å²) < 4.78 is 1.47. The monoisotopic (exact) mass is 525 g/mol. The summed E-state index contributed by atoms with van der Waals surface area (Å²) >= 11 is 0. The molecule has 5 rings (SSSR count). The van der Waals surface area contributed by atoms with E-state index in [4.69, 9.17) is 0 Å². The second kappa shape index (κ2) is 11.8. The summed E-state index contributed by atoms with van der Waals surface area (Å²) in [5.74, 6) is -0.658. The van der Waals surface area contributed by atoms with Crippen molar-refractivity contribution in [2.75, 3.05) is 6.54 Å². The van der Waals surface area contributed by atoms with Gasteiger partial charge in [-0.1, -0.05) is 79.6 Å². The van der Waals surface area contributed by atoms with Gasteiger partial charge in [-0.15, -0.1) is 0 Å². The summed E-state index contributed by atoms with van der Waals surface area (Å²) in [4.78, 5) is 37.1. The molecule has 7 heteroatoms. The topological polar surface area (TPSA) is 101 Å². The Hall–Kier alpha value is -4.00. The number of rotatable bonds is 11. The Morgan fingerprint density at radius 2 is 1.74 bits per heavy atom. The summed E-state index contributed by atoms with van der Waals surface area (Å²) in [5, 5.41) is 17.0. The van der Waals surface area contributed by atoms with E-state index >= 15 is 0 Å². The van der Waals surface area contributed by atoms with Crippen molar-refractivity contribution >= 4 is 11.9 Å². The average molecular weight is 526 g/mol. The molecule has 0 aliphatic heterocycles. The molecule has 0 bridgehead atoms. The molecule has 0 radical (unpaired) electrons. The van der Waals surface area contributed by atoms with E-state index in [0.717, 1.165) is 48.1 Å². The quantitative estimate of drug-likeness (QED) is 0.266. The van der Waals surface area contributed by atoms with Crippen LogP contribution < -0.4 is 10.9 Å². The third-order valence-corrected chi connectivity index (χ3v) is 8.02. The minimum Gasteiger partial charge on any atom is -0.481 e. The number of nitrogens with zero attached hydrogens (tertiary/aromatic N) is 2. The second-order valence-electron chi connectivity index (χ2n) is 10.8. The van der Waals surface area contributed by atoms with Crippen molar-refractivity contribution in [3.8, 4) is 11.3 Å². The smallest absolute Gasteiger partial charge is 0.313 e. The molecule has 1 amide bonds. The van der Waals surface area contributed by atoms with Gasteiger partial charge in [-0.2, -0.15) is 5.10 Å². The molecule has 2 aromatic carbocycles. The van der Waals surface area contributed by atoms with Gasteiger partial charge in [-0.05, 0) is 55.2 Å². The number of aromatic nitrogens is 2. The van der Waals surface area contributed by atoms with E-state index in [1.165, 1.54) is 4.68 Å². The molecule has 2 aliphatic carbocycles. The summed E-state index contributed by atoms with van der Waals surface area (Å²) in [6, 6.07) is 21.0. The molecule has 39 heavy (non-hydrogen) atoms. The van der Waals surface area contributed by atoms with Gasteiger partial charge in [-0.25, -0.2) is 4.68 Å². The van der Waals surface area contributed by atoms with Crippen LogP contribution in [0, 0.1) is 11.3 Å². The van der Waals surface area contributed by atoms with Crippen molar-refractivity contribution in [3.05, 3.63) is 100 Å². The third kappa shape index (κ3) is 6.36. The first-order valence-electron chi connectivity index (χ1n) is 13.9. The number of aliphatic carboxylic acids is 1. The van der Waals surface area contributed by atoms with Crippen LogP contribution in [0.15, 0.2) is 83.7 Å². The summed E-state index contributed by atoms with van der Waals surface area (Å²) in [5.41, 5.74) is 2.79. The van der Waals surface area contributed by atoms with Gasteiger partial charge in [0.2, 0.25) is 5.91 Å². The minimum absolute atomic E-state index is 0.0240. The minimum atomic E-state index is -0.767. The number of amides is 1. The normalized spacial score (nSPS) is 17.2. The fourth-order valence-electron chi connectivity index (χ4n) is 5.54. The van der Waals surface area contributed by atoms with Crippen LogP contribution in [-0.4, -0.2) is 33.3 Å². The van der Waals surface area contributed by atoms with Crippen LogP contribution in [0.4, 0.5) is 0 Å². The van der Waals surface area contributed by atoms with E-state index in [1.54, 1.807) is 18.2 Å². The van der Waals surface area contributed by atoms with Crippen LogP contribution >= 0.6 is 0 Å². The fraction of sp³-hybridized carbons (Fsp3) is 0.375. The van der Waals surface area contributed by atoms with Crippen LogP contribution in [0.25, 0.3) is 11.3 Å². The number of nitrogens with one attached hydrogen (secondary N) is 1. The fourth-order valence-corrected chi connectivity index (χ4v) is 5.54. The number of hydrogen-bond acceptors (Lipinski definition) is 4. The van der Waals surface area contributed by atoms with Crippen molar-refractivity contribution in [1.29, 1.82) is 0 Å². The number of carbonyl (C=O) groups excluding carboxylic acids is 1. The Bertz CT molecular complexity index is 1380. The molecule has 202 valence electrons. The molecule has 2 fully saturated rings. The third-order valence-electron chi connectivity index (χ3n) is 8.02. The van der Waals surface area contributed by atoms with E-state index in [-0.39, 0.29) is 17.4 Å². The molecular formula is C32H35N3O4. The molecule has 2 saturated carbocycles. The highest BCUT2D eigenvalue weighted by atomic mass is 16.4. The molecule has 0 saturated heterocycles. The Kier molecular flexibility index (Phi) is 8.05. The lowest BCUT2D eigenvalue weighted by Gasteiger charge is -2.23. The van der Waals surface area contributed by atoms with Gasteiger partial charge in [-0.3, -0.25) is 14.4 Å². The predicted octanol–water partition coefficient (Wildman–Crippen LogP) is 5.16. The van der Waals surface area contributed by atoms with E-state index in [9.17, 15) is 19.5 Å². The second-order valence-corrected chi connectivity index (χ2v) is 10.8. The highest BCUT2D eigenvalue weighted by Crippen LogP contribution is 2.47. The van der Waals surface area contributed by atoms with Crippen LogP contribution in [0.3, 0.4) is 0 Å². The SMILES string of the molecule is O=C(NCC/C=C\C1(C(=O)O)CC1)C(c1ccc(Cn2nc(-c3ccccc3)ccc2=O)cc1)C1CCCC1. The van der Waals surface area contributed by atoms with E-state index in [0.29, 0.717) is 38.3 Å². The Morgan fingerprint density at radius 3 is 2.41 bits per heavy atom. The summed E-state index contributed by atoms with van der Waals surface area (Å²) in [7, 11) is 0. The van der Waals surface area contributed by atoms with Crippen LogP contribution in [0.1, 0.15) is 62.0 Å². The molecule has 1 aromatic heterocycles. The molecule has 2 aliphatic rings. The lowest BCUT2D eigenvalue weighted by Crippen LogP contribution is -2.33. The molecule has 7 nitrogen and oxygen atoms in total. The first-order valence-corrected chi connectivity index (χ1v) is 13.9. The zero-order valence-electron chi connectivity index (χ0n) is 22.1. The van der Waals surface area contributed by atoms with Gasteiger partial charge in [0, 0.05) is 18.2 Å². The lowest BCUT2D eigenvalue weighted by atomic mass is 9.83. The van der Waals surface area contributed by atoms with Crippen LogP contribution in [-0.2, 0) is 16.1 Å². The van der Waals surface area contributed by atoms with Gasteiger partial charge >= 0.3 is 5.97 Å². The summed E-state index contributed by atoms with van der Waals surface area (Å²) in [6.07, 6.45) is 9.99. The zero-order chi connectivity index (χ0) is 27.2. The first kappa shape index (κ1) is 26.6. The maximum Gasteiger partial charge on any atom is 0.313 e. The standard InChI is InChI=1S/C32H35N3O4/c36-28-17-16-27(24-8-2-1-3-9-24)34-35(28)22-23-12-14-26(15-13-23)29(25-10-4-5-11-25)30(37)33-21-7-6-18-32(19-20-32)31(38)39/h1-3,6,8-9,12-18,25,29H,4-5,7,10-11,19-22H2,(H,33,37)(H,38,39)/b18-6-. The number of benzene rings is 2. The molecule has 1 heterocycles. The van der Waals surface area contributed by atoms with Gasteiger partial charge in [0.1, 0.15) is 0 Å². The number of hydrogen-bond donors (Lipinski definition) is 2. The van der Waals surface area contributed by atoms with Gasteiger partial charge in [0.05, 0.1) is 23.6 Å². The largest absolute Gasteiger partial charge is 0.481 e. The van der Waals surface area contributed by atoms with Crippen LogP contribution in [0.5, 0.6) is 0 Å².